The molecule has 110 valence electrons. The van der Waals surface area contributed by atoms with E-state index in [2.05, 4.69) is 67.9 Å². The fraction of sp³-hybridized carbons (Fsp3) is 0.333. The number of rotatable bonds is 5. The number of benzene rings is 1. The van der Waals surface area contributed by atoms with E-state index in [1.54, 1.807) is 0 Å². The van der Waals surface area contributed by atoms with Gasteiger partial charge < -0.3 is 5.32 Å². The van der Waals surface area contributed by atoms with Crippen LogP contribution in [0.2, 0.25) is 0 Å². The summed E-state index contributed by atoms with van der Waals surface area (Å²) in [5.74, 6) is 0. The summed E-state index contributed by atoms with van der Waals surface area (Å²) in [4.78, 5) is 2.92. The predicted molar refractivity (Wildman–Crippen MR) is 95.6 cm³/mol. The highest BCUT2D eigenvalue weighted by atomic mass is 32.1. The Balaban J connectivity index is 1.74. The molecule has 2 atom stereocenters. The van der Waals surface area contributed by atoms with Crippen LogP contribution in [-0.4, -0.2) is 6.04 Å². The molecule has 0 bridgehead atoms. The van der Waals surface area contributed by atoms with Gasteiger partial charge >= 0.3 is 0 Å². The highest BCUT2D eigenvalue weighted by molar-refractivity contribution is 7.19. The first-order valence-corrected chi connectivity index (χ1v) is 9.11. The lowest BCUT2D eigenvalue weighted by Crippen LogP contribution is -2.30. The Kier molecular flexibility index (Phi) is 4.43. The average molecular weight is 316 g/mol. The molecule has 1 nitrogen and oxygen atoms in total. The number of aryl methyl sites for hydroxylation is 1. The molecular weight excluding hydrogens is 294 g/mol. The molecule has 0 amide bonds. The monoisotopic (exact) mass is 315 g/mol. The first-order chi connectivity index (χ1) is 10.1. The maximum atomic E-state index is 3.75. The van der Waals surface area contributed by atoms with E-state index in [4.69, 9.17) is 0 Å². The Hall–Kier alpha value is -1.16. The first-order valence-electron chi connectivity index (χ1n) is 7.41. The molecule has 0 aliphatic rings. The highest BCUT2D eigenvalue weighted by Crippen LogP contribution is 2.34. The molecule has 2 unspecified atom stereocenters. The number of hydrogen-bond acceptors (Lipinski definition) is 3. The minimum absolute atomic E-state index is 0.400. The van der Waals surface area contributed by atoms with Crippen LogP contribution in [0.25, 0.3) is 10.1 Å². The van der Waals surface area contributed by atoms with E-state index in [9.17, 15) is 0 Å². The maximum absolute atomic E-state index is 3.75. The third-order valence-electron chi connectivity index (χ3n) is 3.90. The Morgan fingerprint density at radius 3 is 2.62 bits per heavy atom. The molecule has 21 heavy (non-hydrogen) atoms. The average Bonchev–Trinajstić information content (AvgIpc) is 3.07. The Morgan fingerprint density at radius 2 is 1.90 bits per heavy atom. The zero-order valence-electron chi connectivity index (χ0n) is 12.7. The van der Waals surface area contributed by atoms with Crippen LogP contribution in [0.1, 0.15) is 35.2 Å². The van der Waals surface area contributed by atoms with Gasteiger partial charge in [0.25, 0.3) is 0 Å². The molecule has 2 heterocycles. The van der Waals surface area contributed by atoms with Crippen LogP contribution in [0.15, 0.2) is 41.8 Å². The summed E-state index contributed by atoms with van der Waals surface area (Å²) >= 11 is 3.77. The second-order valence-electron chi connectivity index (χ2n) is 5.66. The summed E-state index contributed by atoms with van der Waals surface area (Å²) < 4.78 is 1.39. The van der Waals surface area contributed by atoms with Crippen molar-refractivity contribution in [2.75, 3.05) is 0 Å². The fourth-order valence-electron chi connectivity index (χ4n) is 2.90. The highest BCUT2D eigenvalue weighted by Gasteiger charge is 2.16. The van der Waals surface area contributed by atoms with Gasteiger partial charge in [0.2, 0.25) is 0 Å². The van der Waals surface area contributed by atoms with E-state index in [0.29, 0.717) is 12.1 Å². The minimum atomic E-state index is 0.400. The third kappa shape index (κ3) is 3.20. The largest absolute Gasteiger partial charge is 0.307 e. The topological polar surface area (TPSA) is 12.0 Å². The second kappa shape index (κ2) is 6.30. The van der Waals surface area contributed by atoms with Crippen molar-refractivity contribution in [3.8, 4) is 0 Å². The summed E-state index contributed by atoms with van der Waals surface area (Å²) in [5.41, 5.74) is 1.43. The lowest BCUT2D eigenvalue weighted by Gasteiger charge is -2.19. The van der Waals surface area contributed by atoms with Gasteiger partial charge in [-0.15, -0.1) is 22.7 Å². The van der Waals surface area contributed by atoms with E-state index in [1.807, 2.05) is 22.7 Å². The van der Waals surface area contributed by atoms with Gasteiger partial charge in [-0.2, -0.15) is 0 Å². The fourth-order valence-corrected chi connectivity index (χ4v) is 4.96. The molecule has 0 aliphatic heterocycles. The van der Waals surface area contributed by atoms with Crippen LogP contribution < -0.4 is 5.32 Å². The number of nitrogens with one attached hydrogen (secondary N) is 1. The van der Waals surface area contributed by atoms with Gasteiger partial charge in [-0.3, -0.25) is 0 Å². The van der Waals surface area contributed by atoms with Crippen LogP contribution in [-0.2, 0) is 6.42 Å². The van der Waals surface area contributed by atoms with Crippen LogP contribution in [0.3, 0.4) is 0 Å². The molecule has 0 spiro atoms. The Morgan fingerprint density at radius 1 is 1.10 bits per heavy atom. The molecule has 0 aliphatic carbocycles. The minimum Gasteiger partial charge on any atom is -0.307 e. The third-order valence-corrected chi connectivity index (χ3v) is 6.25. The molecule has 1 N–H and O–H groups in total. The van der Waals surface area contributed by atoms with E-state index in [1.165, 1.54) is 25.4 Å². The van der Waals surface area contributed by atoms with Gasteiger partial charge in [-0.1, -0.05) is 24.3 Å². The van der Waals surface area contributed by atoms with Gasteiger partial charge in [-0.25, -0.2) is 0 Å². The van der Waals surface area contributed by atoms with Gasteiger partial charge in [0.1, 0.15) is 0 Å². The number of thiophene rings is 2. The van der Waals surface area contributed by atoms with Gasteiger partial charge in [-0.05, 0) is 55.7 Å². The first kappa shape index (κ1) is 14.8. The zero-order valence-corrected chi connectivity index (χ0v) is 14.4. The van der Waals surface area contributed by atoms with E-state index < -0.39 is 0 Å². The molecule has 0 saturated carbocycles. The Labute approximate surface area is 134 Å². The van der Waals surface area contributed by atoms with Crippen molar-refractivity contribution in [3.05, 3.63) is 57.1 Å². The molecular formula is C18H21NS2. The molecule has 3 rings (SSSR count). The van der Waals surface area contributed by atoms with Gasteiger partial charge in [0.05, 0.1) is 0 Å². The molecule has 0 saturated heterocycles. The number of hydrogen-bond donors (Lipinski definition) is 1. The van der Waals surface area contributed by atoms with E-state index in [-0.39, 0.29) is 0 Å². The molecule has 0 fully saturated rings. The van der Waals surface area contributed by atoms with Crippen molar-refractivity contribution in [1.29, 1.82) is 0 Å². The summed E-state index contributed by atoms with van der Waals surface area (Å²) in [5, 5.41) is 7.31. The van der Waals surface area contributed by atoms with E-state index in [0.717, 1.165) is 6.42 Å². The van der Waals surface area contributed by atoms with Gasteiger partial charge in [0, 0.05) is 26.5 Å². The van der Waals surface area contributed by atoms with Crippen LogP contribution >= 0.6 is 22.7 Å². The second-order valence-corrected chi connectivity index (χ2v) is 7.78. The van der Waals surface area contributed by atoms with Crippen LogP contribution in [0, 0.1) is 6.92 Å². The molecule has 2 aromatic heterocycles. The van der Waals surface area contributed by atoms with Crippen molar-refractivity contribution in [3.63, 3.8) is 0 Å². The molecule has 3 aromatic rings. The van der Waals surface area contributed by atoms with Crippen LogP contribution in [0.5, 0.6) is 0 Å². The summed E-state index contributed by atoms with van der Waals surface area (Å²) in [7, 11) is 0. The van der Waals surface area contributed by atoms with Crippen LogP contribution in [0.4, 0.5) is 0 Å². The van der Waals surface area contributed by atoms with Crippen molar-refractivity contribution in [2.45, 2.75) is 39.3 Å². The SMILES string of the molecule is Cc1c(C(C)NC(C)Cc2cccs2)sc2ccccc12. The standard InChI is InChI=1S/C18H21NS2/c1-12(11-15-7-6-10-20-15)19-14(3)18-13(2)16-8-4-5-9-17(16)21-18/h4-10,12,14,19H,11H2,1-3H3. The predicted octanol–water partition coefficient (Wildman–Crippen LogP) is 5.55. The summed E-state index contributed by atoms with van der Waals surface area (Å²) in [6, 6.07) is 13.9. The smallest absolute Gasteiger partial charge is 0.0391 e. The van der Waals surface area contributed by atoms with E-state index >= 15 is 0 Å². The van der Waals surface area contributed by atoms with Gasteiger partial charge in [0.15, 0.2) is 0 Å². The lowest BCUT2D eigenvalue weighted by molar-refractivity contribution is 0.483. The quantitative estimate of drug-likeness (QED) is 0.650. The summed E-state index contributed by atoms with van der Waals surface area (Å²) in [6.07, 6.45) is 1.10. The Bertz CT molecular complexity index is 712. The molecule has 1 aromatic carbocycles. The molecule has 0 radical (unpaired) electrons. The lowest BCUT2D eigenvalue weighted by atomic mass is 10.1. The maximum Gasteiger partial charge on any atom is 0.0391 e. The normalized spacial score (nSPS) is 14.4. The number of fused-ring (bicyclic) bond motifs is 1. The van der Waals surface area contributed by atoms with Crippen molar-refractivity contribution >= 4 is 32.8 Å². The van der Waals surface area contributed by atoms with Crippen molar-refractivity contribution in [1.82, 2.24) is 5.32 Å². The molecule has 3 heteroatoms. The zero-order chi connectivity index (χ0) is 14.8. The summed E-state index contributed by atoms with van der Waals surface area (Å²) in [6.45, 7) is 6.80. The van der Waals surface area contributed by atoms with Crippen molar-refractivity contribution < 1.29 is 0 Å². The van der Waals surface area contributed by atoms with Crippen molar-refractivity contribution in [2.24, 2.45) is 0 Å².